The van der Waals surface area contributed by atoms with Crippen molar-refractivity contribution in [1.29, 1.82) is 5.26 Å². The molecule has 19 heavy (non-hydrogen) atoms. The van der Waals surface area contributed by atoms with Gasteiger partial charge in [-0.3, -0.25) is 4.90 Å². The number of piperidine rings is 1. The number of rotatable bonds is 3. The minimum atomic E-state index is 0.335. The second-order valence-corrected chi connectivity index (χ2v) is 5.25. The third-order valence-corrected chi connectivity index (χ3v) is 3.83. The Bertz CT molecular complexity index is 481. The van der Waals surface area contributed by atoms with Crippen LogP contribution in [0, 0.1) is 11.3 Å². The van der Waals surface area contributed by atoms with Gasteiger partial charge in [0.05, 0.1) is 12.7 Å². The molecule has 0 spiro atoms. The Morgan fingerprint density at radius 1 is 1.53 bits per heavy atom. The van der Waals surface area contributed by atoms with Gasteiger partial charge in [0.1, 0.15) is 11.8 Å². The van der Waals surface area contributed by atoms with E-state index in [-0.39, 0.29) is 0 Å². The number of nitrogens with zero attached hydrogens (tertiary/aromatic N) is 2. The van der Waals surface area contributed by atoms with Gasteiger partial charge in [0.15, 0.2) is 0 Å². The largest absolute Gasteiger partial charge is 0.495 e. The quantitative estimate of drug-likeness (QED) is 0.900. The molecule has 2 atom stereocenters. The van der Waals surface area contributed by atoms with Gasteiger partial charge in [-0.2, -0.15) is 5.26 Å². The van der Waals surface area contributed by atoms with Crippen LogP contribution < -0.4 is 10.5 Å². The van der Waals surface area contributed by atoms with Gasteiger partial charge in [0.25, 0.3) is 0 Å². The van der Waals surface area contributed by atoms with Crippen LogP contribution in [0.25, 0.3) is 0 Å². The van der Waals surface area contributed by atoms with Gasteiger partial charge in [-0.25, -0.2) is 0 Å². The van der Waals surface area contributed by atoms with Gasteiger partial charge in [0, 0.05) is 25.2 Å². The number of nitrogens with two attached hydrogens (primary N) is 1. The lowest BCUT2D eigenvalue weighted by molar-refractivity contribution is 0.140. The molecule has 0 aromatic heterocycles. The van der Waals surface area contributed by atoms with Crippen LogP contribution in [0.1, 0.15) is 30.9 Å². The fraction of sp³-hybridized carbons (Fsp3) is 0.533. The second kappa shape index (κ2) is 6.05. The number of likely N-dealkylation sites (tertiary alicyclic amines) is 1. The summed E-state index contributed by atoms with van der Waals surface area (Å²) in [5, 5.41) is 8.98. The van der Waals surface area contributed by atoms with Crippen molar-refractivity contribution in [3.63, 3.8) is 0 Å². The zero-order valence-electron chi connectivity index (χ0n) is 11.6. The molecule has 2 unspecified atom stereocenters. The lowest BCUT2D eigenvalue weighted by atomic mass is 9.98. The standard InChI is InChI=1S/C15H21N3O/c1-11-7-14(17)5-6-18(11)10-12-3-4-13(9-16)15(8-12)19-2/h3-4,8,11,14H,5-7,10,17H2,1-2H3. The summed E-state index contributed by atoms with van der Waals surface area (Å²) in [6, 6.07) is 8.77. The van der Waals surface area contributed by atoms with Gasteiger partial charge in [0.2, 0.25) is 0 Å². The van der Waals surface area contributed by atoms with E-state index in [0.717, 1.165) is 25.9 Å². The second-order valence-electron chi connectivity index (χ2n) is 5.25. The van der Waals surface area contributed by atoms with Crippen LogP contribution in [0.15, 0.2) is 18.2 Å². The first kappa shape index (κ1) is 13.9. The Kier molecular flexibility index (Phi) is 4.41. The monoisotopic (exact) mass is 259 g/mol. The van der Waals surface area contributed by atoms with Crippen LogP contribution in [0.4, 0.5) is 0 Å². The minimum Gasteiger partial charge on any atom is -0.495 e. The Hall–Kier alpha value is -1.57. The van der Waals surface area contributed by atoms with E-state index in [1.54, 1.807) is 7.11 Å². The number of nitriles is 1. The topological polar surface area (TPSA) is 62.3 Å². The number of ether oxygens (including phenoxy) is 1. The zero-order chi connectivity index (χ0) is 13.8. The smallest absolute Gasteiger partial charge is 0.136 e. The van der Waals surface area contributed by atoms with Crippen molar-refractivity contribution in [2.45, 2.75) is 38.4 Å². The Morgan fingerprint density at radius 3 is 2.95 bits per heavy atom. The SMILES string of the molecule is COc1cc(CN2CCC(N)CC2C)ccc1C#N. The summed E-state index contributed by atoms with van der Waals surface area (Å²) < 4.78 is 5.25. The van der Waals surface area contributed by atoms with E-state index in [9.17, 15) is 0 Å². The summed E-state index contributed by atoms with van der Waals surface area (Å²) in [5.41, 5.74) is 7.74. The summed E-state index contributed by atoms with van der Waals surface area (Å²) in [6.07, 6.45) is 2.10. The van der Waals surface area contributed by atoms with Crippen molar-refractivity contribution in [3.05, 3.63) is 29.3 Å². The first-order chi connectivity index (χ1) is 9.13. The molecular weight excluding hydrogens is 238 g/mol. The summed E-state index contributed by atoms with van der Waals surface area (Å²) >= 11 is 0. The molecule has 4 nitrogen and oxygen atoms in total. The highest BCUT2D eigenvalue weighted by Gasteiger charge is 2.23. The Labute approximate surface area is 114 Å². The van der Waals surface area contributed by atoms with Crippen molar-refractivity contribution in [2.24, 2.45) is 5.73 Å². The molecule has 102 valence electrons. The van der Waals surface area contributed by atoms with Gasteiger partial charge in [-0.05, 0) is 37.5 Å². The summed E-state index contributed by atoms with van der Waals surface area (Å²) in [5.74, 6) is 0.654. The van der Waals surface area contributed by atoms with E-state index in [2.05, 4.69) is 17.9 Å². The van der Waals surface area contributed by atoms with E-state index < -0.39 is 0 Å². The molecule has 0 aliphatic carbocycles. The molecule has 1 aliphatic heterocycles. The number of hydrogen-bond acceptors (Lipinski definition) is 4. The van der Waals surface area contributed by atoms with Crippen LogP contribution in [-0.4, -0.2) is 30.6 Å². The minimum absolute atomic E-state index is 0.335. The molecule has 0 saturated carbocycles. The van der Waals surface area contributed by atoms with Crippen molar-refractivity contribution >= 4 is 0 Å². The molecule has 2 rings (SSSR count). The molecule has 2 N–H and O–H groups in total. The van der Waals surface area contributed by atoms with E-state index in [4.69, 9.17) is 15.7 Å². The third-order valence-electron chi connectivity index (χ3n) is 3.83. The Morgan fingerprint density at radius 2 is 2.32 bits per heavy atom. The first-order valence-corrected chi connectivity index (χ1v) is 6.70. The van der Waals surface area contributed by atoms with Gasteiger partial charge >= 0.3 is 0 Å². The van der Waals surface area contributed by atoms with E-state index >= 15 is 0 Å². The van der Waals surface area contributed by atoms with E-state index in [1.165, 1.54) is 5.56 Å². The molecule has 1 saturated heterocycles. The summed E-state index contributed by atoms with van der Waals surface area (Å²) in [4.78, 5) is 2.43. The predicted molar refractivity (Wildman–Crippen MR) is 74.8 cm³/mol. The van der Waals surface area contributed by atoms with Gasteiger partial charge < -0.3 is 10.5 Å². The van der Waals surface area contributed by atoms with E-state index in [0.29, 0.717) is 23.4 Å². The summed E-state index contributed by atoms with van der Waals surface area (Å²) in [7, 11) is 1.60. The number of hydrogen-bond donors (Lipinski definition) is 1. The van der Waals surface area contributed by atoms with Crippen LogP contribution in [0.5, 0.6) is 5.75 Å². The van der Waals surface area contributed by atoms with Crippen LogP contribution >= 0.6 is 0 Å². The molecular formula is C15H21N3O. The average Bonchev–Trinajstić information content (AvgIpc) is 2.41. The molecule has 4 heteroatoms. The average molecular weight is 259 g/mol. The van der Waals surface area contributed by atoms with E-state index in [1.807, 2.05) is 18.2 Å². The molecule has 0 amide bonds. The summed E-state index contributed by atoms with van der Waals surface area (Å²) in [6.45, 7) is 4.14. The van der Waals surface area contributed by atoms with Gasteiger partial charge in [-0.15, -0.1) is 0 Å². The fourth-order valence-electron chi connectivity index (χ4n) is 2.65. The molecule has 1 aromatic carbocycles. The predicted octanol–water partition coefficient (Wildman–Crippen LogP) is 1.88. The Balaban J connectivity index is 2.09. The maximum Gasteiger partial charge on any atom is 0.136 e. The van der Waals surface area contributed by atoms with Crippen molar-refractivity contribution in [3.8, 4) is 11.8 Å². The maximum atomic E-state index is 8.98. The lowest BCUT2D eigenvalue weighted by Gasteiger charge is -2.36. The highest BCUT2D eigenvalue weighted by atomic mass is 16.5. The highest BCUT2D eigenvalue weighted by molar-refractivity contribution is 5.45. The maximum absolute atomic E-state index is 8.98. The molecule has 1 aromatic rings. The van der Waals surface area contributed by atoms with Gasteiger partial charge in [-0.1, -0.05) is 6.07 Å². The zero-order valence-corrected chi connectivity index (χ0v) is 11.6. The molecule has 1 heterocycles. The van der Waals surface area contributed by atoms with Crippen molar-refractivity contribution < 1.29 is 4.74 Å². The third kappa shape index (κ3) is 3.25. The van der Waals surface area contributed by atoms with Crippen LogP contribution in [0.3, 0.4) is 0 Å². The molecule has 0 radical (unpaired) electrons. The fourth-order valence-corrected chi connectivity index (χ4v) is 2.65. The lowest BCUT2D eigenvalue weighted by Crippen LogP contribution is -2.44. The molecule has 1 fully saturated rings. The molecule has 0 bridgehead atoms. The van der Waals surface area contributed by atoms with Crippen LogP contribution in [-0.2, 0) is 6.54 Å². The number of benzene rings is 1. The normalized spacial score (nSPS) is 23.9. The van der Waals surface area contributed by atoms with Crippen molar-refractivity contribution in [2.75, 3.05) is 13.7 Å². The molecule has 1 aliphatic rings. The van der Waals surface area contributed by atoms with Crippen molar-refractivity contribution in [1.82, 2.24) is 4.90 Å². The highest BCUT2D eigenvalue weighted by Crippen LogP contribution is 2.23. The van der Waals surface area contributed by atoms with Crippen LogP contribution in [0.2, 0.25) is 0 Å². The number of methoxy groups -OCH3 is 1. The first-order valence-electron chi connectivity index (χ1n) is 6.70.